The minimum Gasteiger partial charge on any atom is -0.478 e. The van der Waals surface area contributed by atoms with Gasteiger partial charge in [-0.25, -0.2) is 9.59 Å². The van der Waals surface area contributed by atoms with Gasteiger partial charge in [0.2, 0.25) is 23.6 Å². The van der Waals surface area contributed by atoms with Gasteiger partial charge >= 0.3 is 11.9 Å². The second kappa shape index (κ2) is 22.5. The molecule has 0 spiro atoms. The van der Waals surface area contributed by atoms with Gasteiger partial charge in [0.15, 0.2) is 0 Å². The number of ketones is 1. The summed E-state index contributed by atoms with van der Waals surface area (Å²) in [7, 11) is 1.22. The van der Waals surface area contributed by atoms with Gasteiger partial charge in [-0.15, -0.1) is 0 Å². The molecule has 1 saturated heterocycles. The number of allylic oxidation sites excluding steroid dienone is 1. The number of rotatable bonds is 18. The maximum Gasteiger partial charge on any atom is 0.336 e. The van der Waals surface area contributed by atoms with Crippen molar-refractivity contribution in [1.82, 2.24) is 20.9 Å². The number of carboxylic acid groups (broad SMARTS) is 1. The number of piperidine rings is 1. The van der Waals surface area contributed by atoms with E-state index in [2.05, 4.69) is 20.7 Å². The highest BCUT2D eigenvalue weighted by Crippen LogP contribution is 2.35. The Kier molecular flexibility index (Phi) is 17.8. The molecule has 0 aromatic heterocycles. The quantitative estimate of drug-likeness (QED) is 0.103. The van der Waals surface area contributed by atoms with Crippen LogP contribution in [0.1, 0.15) is 138 Å². The lowest BCUT2D eigenvalue weighted by molar-refractivity contribution is -0.143. The molecule has 330 valence electrons. The number of benzene rings is 1. The number of carboxylic acids is 1. The largest absolute Gasteiger partial charge is 0.478 e. The Bertz CT molecular complexity index is 1740. The number of esters is 1. The topological polar surface area (TPSA) is 231 Å². The zero-order valence-electron chi connectivity index (χ0n) is 35.7. The van der Waals surface area contributed by atoms with Gasteiger partial charge in [0.25, 0.3) is 5.91 Å². The summed E-state index contributed by atoms with van der Waals surface area (Å²) in [4.78, 5) is 108. The van der Waals surface area contributed by atoms with Gasteiger partial charge < -0.3 is 36.4 Å². The van der Waals surface area contributed by atoms with Crippen molar-refractivity contribution in [3.8, 4) is 0 Å². The molecular weight excluding hydrogens is 771 g/mol. The zero-order chi connectivity index (χ0) is 44.0. The highest BCUT2D eigenvalue weighted by atomic mass is 16.5. The van der Waals surface area contributed by atoms with Gasteiger partial charge in [-0.05, 0) is 80.8 Å². The van der Waals surface area contributed by atoms with Crippen LogP contribution in [0.3, 0.4) is 0 Å². The van der Waals surface area contributed by atoms with E-state index in [-0.39, 0.29) is 60.5 Å². The number of Topliss-reactive ketones (excluding diaryl/α,β-unsaturated/α-hetero) is 1. The van der Waals surface area contributed by atoms with Crippen LogP contribution in [-0.4, -0.2) is 95.6 Å². The van der Waals surface area contributed by atoms with Crippen LogP contribution >= 0.6 is 0 Å². The predicted octanol–water partition coefficient (Wildman–Crippen LogP) is 4.47. The molecule has 0 bridgehead atoms. The minimum absolute atomic E-state index is 0.00221. The van der Waals surface area contributed by atoms with E-state index < -0.39 is 70.9 Å². The van der Waals surface area contributed by atoms with Crippen LogP contribution in [-0.2, 0) is 33.5 Å². The van der Waals surface area contributed by atoms with Crippen LogP contribution in [0.4, 0.5) is 0 Å². The number of carbonyl (C=O) groups is 8. The number of nitrogens with one attached hydrogen (secondary N) is 3. The second-order valence-corrected chi connectivity index (χ2v) is 17.8. The molecule has 15 heteroatoms. The molecular formula is C45H65N5O10. The molecule has 4 rings (SSSR count). The predicted molar refractivity (Wildman–Crippen MR) is 223 cm³/mol. The fourth-order valence-corrected chi connectivity index (χ4v) is 8.94. The van der Waals surface area contributed by atoms with Crippen LogP contribution < -0.4 is 21.7 Å². The average Bonchev–Trinajstić information content (AvgIpc) is 3.24. The third-order valence-electron chi connectivity index (χ3n) is 12.4. The summed E-state index contributed by atoms with van der Waals surface area (Å²) in [5.41, 5.74) is 4.59. The average molecular weight is 836 g/mol. The Morgan fingerprint density at radius 1 is 0.833 bits per heavy atom. The van der Waals surface area contributed by atoms with Crippen molar-refractivity contribution < 1.29 is 48.2 Å². The normalized spacial score (nSPS) is 19.9. The summed E-state index contributed by atoms with van der Waals surface area (Å²) in [6.07, 6.45) is 13.2. The number of hydrogen-bond donors (Lipinski definition) is 5. The zero-order valence-corrected chi connectivity index (χ0v) is 35.7. The Morgan fingerprint density at radius 3 is 2.03 bits per heavy atom. The molecule has 2 aliphatic carbocycles. The van der Waals surface area contributed by atoms with Crippen molar-refractivity contribution in [3.63, 3.8) is 0 Å². The van der Waals surface area contributed by atoms with Crippen molar-refractivity contribution in [2.24, 2.45) is 34.8 Å². The molecule has 1 aromatic carbocycles. The number of nitrogens with zero attached hydrogens (tertiary/aromatic N) is 1. The van der Waals surface area contributed by atoms with Crippen LogP contribution in [0.15, 0.2) is 36.4 Å². The van der Waals surface area contributed by atoms with Crippen molar-refractivity contribution in [1.29, 1.82) is 0 Å². The lowest BCUT2D eigenvalue weighted by Crippen LogP contribution is -2.59. The monoisotopic (exact) mass is 835 g/mol. The number of amides is 5. The van der Waals surface area contributed by atoms with Gasteiger partial charge in [-0.3, -0.25) is 28.8 Å². The fourth-order valence-electron chi connectivity index (χ4n) is 8.94. The van der Waals surface area contributed by atoms with E-state index in [4.69, 9.17) is 5.73 Å². The fraction of sp³-hybridized carbons (Fsp3) is 0.644. The molecule has 60 heavy (non-hydrogen) atoms. The summed E-state index contributed by atoms with van der Waals surface area (Å²) in [5, 5.41) is 18.1. The molecule has 15 nitrogen and oxygen atoms in total. The number of methoxy groups -OCH3 is 1. The summed E-state index contributed by atoms with van der Waals surface area (Å²) in [5.74, 6) is -6.00. The van der Waals surface area contributed by atoms with E-state index >= 15 is 0 Å². The van der Waals surface area contributed by atoms with Gasteiger partial charge in [-0.1, -0.05) is 77.5 Å². The Balaban J connectivity index is 1.50. The summed E-state index contributed by atoms with van der Waals surface area (Å²) >= 11 is 0. The van der Waals surface area contributed by atoms with E-state index in [9.17, 15) is 43.5 Å². The van der Waals surface area contributed by atoms with Gasteiger partial charge in [-0.2, -0.15) is 0 Å². The number of hydrogen-bond acceptors (Lipinski definition) is 9. The highest BCUT2D eigenvalue weighted by Gasteiger charge is 2.41. The first-order chi connectivity index (χ1) is 28.5. The lowest BCUT2D eigenvalue weighted by atomic mass is 9.75. The van der Waals surface area contributed by atoms with Crippen LogP contribution in [0.25, 0.3) is 0 Å². The smallest absolute Gasteiger partial charge is 0.336 e. The first-order valence-electron chi connectivity index (χ1n) is 21.6. The highest BCUT2D eigenvalue weighted by molar-refractivity contribution is 6.06. The maximum absolute atomic E-state index is 14.4. The molecule has 1 aliphatic heterocycles. The van der Waals surface area contributed by atoms with E-state index in [1.54, 1.807) is 25.7 Å². The Morgan fingerprint density at radius 2 is 1.45 bits per heavy atom. The van der Waals surface area contributed by atoms with Crippen molar-refractivity contribution >= 4 is 47.3 Å². The number of primary amides is 1. The van der Waals surface area contributed by atoms with Crippen molar-refractivity contribution in [2.45, 2.75) is 135 Å². The molecule has 1 heterocycles. The van der Waals surface area contributed by atoms with Gasteiger partial charge in [0.1, 0.15) is 23.9 Å². The number of aromatic carboxylic acids is 1. The summed E-state index contributed by atoms with van der Waals surface area (Å²) in [6, 6.07) is 2.50. The molecule has 0 unspecified atom stereocenters. The number of carbonyl (C=O) groups excluding carboxylic acids is 7. The second-order valence-electron chi connectivity index (χ2n) is 17.8. The van der Waals surface area contributed by atoms with E-state index in [1.807, 2.05) is 0 Å². The minimum atomic E-state index is -1.32. The number of likely N-dealkylation sites (tertiary alicyclic amines) is 1. The standard InChI is InChI=1S/C45H65N5O10/c1-45(2,3)38(49-42(56)34(23-13-14-24-36(52)60-4)47-40(54)31-21-11-12-22-32(31)44(58)59)43(57)50-25-15-20-30(27-50)35(51)26-33(28-16-7-5-8-17-28)41(55)48-37(39(46)53)29-18-9-6-10-19-29/h11-12,14,21-22,24,28-30,33-34,37-38H,5-10,13,15-20,23,25-27H2,1-4H3,(H2,46,53)(H,47,54)(H,48,55)(H,49,56)(H,58,59)/b24-14+/t30-,33+,34+,37+,38-/m1/s1. The van der Waals surface area contributed by atoms with Crippen LogP contribution in [0, 0.1) is 29.1 Å². The molecule has 0 radical (unpaired) electrons. The third kappa shape index (κ3) is 13.5. The summed E-state index contributed by atoms with van der Waals surface area (Å²) < 4.78 is 4.63. The van der Waals surface area contributed by atoms with E-state index in [1.165, 1.54) is 43.5 Å². The van der Waals surface area contributed by atoms with E-state index in [0.717, 1.165) is 64.2 Å². The molecule has 2 saturated carbocycles. The first kappa shape index (κ1) is 47.6. The molecule has 1 aromatic rings. The molecule has 5 atom stereocenters. The SMILES string of the molecule is COC(=O)/C=C/CC[C@H](NC(=O)c1ccccc1C(=O)O)C(=O)N[C@H](C(=O)N1CCC[C@@H](C(=O)C[C@H](C(=O)N[C@H](C(N)=O)C2CCCCC2)C2CCCCC2)C1)C(C)(C)C. The molecule has 6 N–H and O–H groups in total. The Hall–Kier alpha value is -5.08. The van der Waals surface area contributed by atoms with Crippen molar-refractivity contribution in [2.75, 3.05) is 20.2 Å². The van der Waals surface area contributed by atoms with Crippen LogP contribution in [0.5, 0.6) is 0 Å². The molecule has 3 fully saturated rings. The van der Waals surface area contributed by atoms with E-state index in [0.29, 0.717) is 19.4 Å². The third-order valence-corrected chi connectivity index (χ3v) is 12.4. The Labute approximate surface area is 353 Å². The van der Waals surface area contributed by atoms with Crippen LogP contribution in [0.2, 0.25) is 0 Å². The number of ether oxygens (including phenoxy) is 1. The lowest BCUT2D eigenvalue weighted by Gasteiger charge is -2.39. The maximum atomic E-state index is 14.4. The summed E-state index contributed by atoms with van der Waals surface area (Å²) in [6.45, 7) is 5.83. The molecule has 5 amide bonds. The molecule has 3 aliphatic rings. The van der Waals surface area contributed by atoms with Crippen molar-refractivity contribution in [3.05, 3.63) is 47.5 Å². The van der Waals surface area contributed by atoms with Gasteiger partial charge in [0, 0.05) is 37.4 Å². The first-order valence-corrected chi connectivity index (χ1v) is 21.6. The van der Waals surface area contributed by atoms with Gasteiger partial charge in [0.05, 0.1) is 18.2 Å². The number of nitrogens with two attached hydrogens (primary N) is 1.